The third kappa shape index (κ3) is 8.56. The predicted molar refractivity (Wildman–Crippen MR) is 152 cm³/mol. The van der Waals surface area contributed by atoms with E-state index in [1.165, 1.54) is 0 Å². The highest BCUT2D eigenvalue weighted by molar-refractivity contribution is 6.21. The third-order valence-corrected chi connectivity index (χ3v) is 7.48. The van der Waals surface area contributed by atoms with Crippen LogP contribution in [0.25, 0.3) is 0 Å². The molecule has 0 bridgehead atoms. The zero-order valence-corrected chi connectivity index (χ0v) is 24.2. The molecule has 3 heterocycles. The molecule has 3 unspecified atom stereocenters. The molecule has 0 saturated carbocycles. The number of morpholine rings is 1. The highest BCUT2D eigenvalue weighted by atomic mass is 19.3. The number of ether oxygens (including phenoxy) is 2. The molecule has 0 amide bonds. The van der Waals surface area contributed by atoms with Crippen LogP contribution in [0.1, 0.15) is 53.9 Å². The maximum atomic E-state index is 15.0. The number of hydrogen-bond donors (Lipinski definition) is 3. The average molecular weight is 549 g/mol. The van der Waals surface area contributed by atoms with Crippen LogP contribution in [0.3, 0.4) is 0 Å². The maximum absolute atomic E-state index is 15.0. The molecule has 3 aliphatic heterocycles. The van der Waals surface area contributed by atoms with Gasteiger partial charge in [0.25, 0.3) is 5.92 Å². The molecule has 218 valence electrons. The Hall–Kier alpha value is -2.36. The molecule has 0 aromatic carbocycles. The van der Waals surface area contributed by atoms with E-state index in [4.69, 9.17) is 25.6 Å². The van der Waals surface area contributed by atoms with Gasteiger partial charge in [-0.15, -0.1) is 0 Å². The van der Waals surface area contributed by atoms with Crippen LogP contribution in [0, 0.1) is 11.3 Å². The van der Waals surface area contributed by atoms with Crippen LogP contribution < -0.4 is 11.1 Å². The van der Waals surface area contributed by atoms with Crippen molar-refractivity contribution in [2.75, 3.05) is 52.6 Å². The SMILES string of the molecule is CC/C(C(=C=C(C=N)C1=NC(N2CCOCC2)NC(N2CCCOCCC(C)C2)=C1)C(C)(F)F)=C(/C)C(C)N. The third-order valence-electron chi connectivity index (χ3n) is 7.48. The smallest absolute Gasteiger partial charge is 0.277 e. The Morgan fingerprint density at radius 2 is 1.97 bits per heavy atom. The zero-order valence-electron chi connectivity index (χ0n) is 24.2. The molecular weight excluding hydrogens is 502 g/mol. The molecule has 4 N–H and O–H groups in total. The van der Waals surface area contributed by atoms with Gasteiger partial charge in [0.2, 0.25) is 0 Å². The first-order valence-corrected chi connectivity index (χ1v) is 14.1. The monoisotopic (exact) mass is 548 g/mol. The number of nitrogens with zero attached hydrogens (tertiary/aromatic N) is 3. The van der Waals surface area contributed by atoms with Crippen molar-refractivity contribution in [1.29, 1.82) is 5.41 Å². The van der Waals surface area contributed by atoms with Gasteiger partial charge in [0, 0.05) is 64.6 Å². The first-order chi connectivity index (χ1) is 18.5. The zero-order chi connectivity index (χ0) is 28.6. The molecule has 3 rings (SSSR count). The van der Waals surface area contributed by atoms with Gasteiger partial charge in [0.05, 0.1) is 30.1 Å². The van der Waals surface area contributed by atoms with Gasteiger partial charge >= 0.3 is 0 Å². The fourth-order valence-electron chi connectivity index (χ4n) is 5.04. The summed E-state index contributed by atoms with van der Waals surface area (Å²) >= 11 is 0. The highest BCUT2D eigenvalue weighted by Gasteiger charge is 2.32. The standard InChI is InChI=1S/C29H46F2N6O2/c1-6-24(21(3)22(4)33)25(29(5,30)31)16-23(18-32)26-17-27(35-28(34-26)36-10-14-39-15-11-36)37-9-7-12-38-13-8-20(2)19-37/h17-18,20,22,28,32,35H,6-15,19,33H2,1-5H3/b24-21+,32-18?. The van der Waals surface area contributed by atoms with Gasteiger partial charge in [-0.25, -0.2) is 13.8 Å². The first-order valence-electron chi connectivity index (χ1n) is 14.1. The summed E-state index contributed by atoms with van der Waals surface area (Å²) < 4.78 is 41.4. The van der Waals surface area contributed by atoms with Crippen molar-refractivity contribution in [1.82, 2.24) is 15.1 Å². The maximum Gasteiger partial charge on any atom is 0.277 e. The summed E-state index contributed by atoms with van der Waals surface area (Å²) in [5.74, 6) is -1.89. The van der Waals surface area contributed by atoms with E-state index in [0.29, 0.717) is 62.1 Å². The van der Waals surface area contributed by atoms with Crippen molar-refractivity contribution >= 4 is 11.9 Å². The largest absolute Gasteiger partial charge is 0.381 e. The normalized spacial score (nSPS) is 25.0. The molecule has 0 aromatic heterocycles. The Labute approximate surface area is 232 Å². The Bertz CT molecular complexity index is 1020. The number of hydrogen-bond acceptors (Lipinski definition) is 8. The summed E-state index contributed by atoms with van der Waals surface area (Å²) in [6.45, 7) is 14.1. The number of nitrogens with two attached hydrogens (primary N) is 1. The number of alkyl halides is 2. The van der Waals surface area contributed by atoms with Crippen molar-refractivity contribution in [3.8, 4) is 0 Å². The molecule has 0 aliphatic carbocycles. The summed E-state index contributed by atoms with van der Waals surface area (Å²) in [5.41, 5.74) is 10.6. The number of halogens is 2. The number of allylic oxidation sites excluding steroid dienone is 3. The second-order valence-corrected chi connectivity index (χ2v) is 10.8. The second-order valence-electron chi connectivity index (χ2n) is 10.8. The van der Waals surface area contributed by atoms with Crippen LogP contribution in [0.15, 0.2) is 44.9 Å². The minimum atomic E-state index is -3.17. The van der Waals surface area contributed by atoms with E-state index in [1.807, 2.05) is 13.0 Å². The van der Waals surface area contributed by atoms with Gasteiger partial charge in [-0.1, -0.05) is 25.2 Å². The van der Waals surface area contributed by atoms with Gasteiger partial charge in [0.1, 0.15) is 5.82 Å². The van der Waals surface area contributed by atoms with Gasteiger partial charge < -0.3 is 30.8 Å². The first kappa shape index (κ1) is 31.2. The molecule has 39 heavy (non-hydrogen) atoms. The lowest BCUT2D eigenvalue weighted by atomic mass is 9.91. The van der Waals surface area contributed by atoms with Crippen molar-refractivity contribution in [3.63, 3.8) is 0 Å². The minimum absolute atomic E-state index is 0.216. The Kier molecular flexibility index (Phi) is 11.4. The van der Waals surface area contributed by atoms with Gasteiger partial charge in [0.15, 0.2) is 6.29 Å². The number of nitrogens with one attached hydrogen (secondary N) is 2. The topological polar surface area (TPSA) is 99.2 Å². The van der Waals surface area contributed by atoms with Crippen LogP contribution in [0.2, 0.25) is 0 Å². The van der Waals surface area contributed by atoms with Crippen LogP contribution in [0.5, 0.6) is 0 Å². The average Bonchev–Trinajstić information content (AvgIpc) is 3.02. The van der Waals surface area contributed by atoms with Crippen LogP contribution in [0.4, 0.5) is 8.78 Å². The van der Waals surface area contributed by atoms with E-state index in [0.717, 1.165) is 51.5 Å². The molecule has 0 spiro atoms. The van der Waals surface area contributed by atoms with E-state index in [1.54, 1.807) is 13.8 Å². The lowest BCUT2D eigenvalue weighted by Gasteiger charge is -2.39. The molecule has 0 aromatic rings. The predicted octanol–water partition coefficient (Wildman–Crippen LogP) is 4.07. The highest BCUT2D eigenvalue weighted by Crippen LogP contribution is 2.33. The van der Waals surface area contributed by atoms with E-state index < -0.39 is 12.2 Å². The van der Waals surface area contributed by atoms with Crippen molar-refractivity contribution in [2.24, 2.45) is 16.6 Å². The van der Waals surface area contributed by atoms with Gasteiger partial charge in [-0.2, -0.15) is 0 Å². The molecule has 10 heteroatoms. The van der Waals surface area contributed by atoms with Crippen LogP contribution >= 0.6 is 0 Å². The van der Waals surface area contributed by atoms with Crippen LogP contribution in [-0.4, -0.2) is 92.6 Å². The van der Waals surface area contributed by atoms with Crippen molar-refractivity contribution < 1.29 is 18.3 Å². The quantitative estimate of drug-likeness (QED) is 0.240. The lowest BCUT2D eigenvalue weighted by Crippen LogP contribution is -2.53. The minimum Gasteiger partial charge on any atom is -0.381 e. The summed E-state index contributed by atoms with van der Waals surface area (Å²) in [6.07, 6.45) is 4.76. The molecule has 3 aliphatic rings. The number of aliphatic imine (C=N–C) groups is 1. The Balaban J connectivity index is 2.16. The molecule has 2 saturated heterocycles. The molecule has 3 atom stereocenters. The fourth-order valence-corrected chi connectivity index (χ4v) is 5.04. The summed E-state index contributed by atoms with van der Waals surface area (Å²) in [5, 5.41) is 11.8. The van der Waals surface area contributed by atoms with E-state index >= 15 is 8.78 Å². The molecular formula is C29H46F2N6O2. The lowest BCUT2D eigenvalue weighted by molar-refractivity contribution is 0.0105. The van der Waals surface area contributed by atoms with E-state index in [2.05, 4.69) is 27.8 Å². The molecule has 8 nitrogen and oxygen atoms in total. The van der Waals surface area contributed by atoms with E-state index in [9.17, 15) is 0 Å². The number of rotatable bonds is 8. The van der Waals surface area contributed by atoms with Crippen molar-refractivity contribution in [2.45, 2.75) is 72.1 Å². The molecule has 0 radical (unpaired) electrons. The second kappa shape index (κ2) is 14.3. The van der Waals surface area contributed by atoms with Gasteiger partial charge in [-0.3, -0.25) is 4.90 Å². The Morgan fingerprint density at radius 1 is 1.28 bits per heavy atom. The van der Waals surface area contributed by atoms with Gasteiger partial charge in [-0.05, 0) is 44.6 Å². The van der Waals surface area contributed by atoms with E-state index in [-0.39, 0.29) is 17.2 Å². The van der Waals surface area contributed by atoms with Crippen molar-refractivity contribution in [3.05, 3.63) is 39.9 Å². The summed E-state index contributed by atoms with van der Waals surface area (Å²) in [7, 11) is 0. The summed E-state index contributed by atoms with van der Waals surface area (Å²) in [4.78, 5) is 9.37. The Morgan fingerprint density at radius 3 is 2.59 bits per heavy atom. The fraction of sp³-hybridized carbons (Fsp3) is 0.690. The summed E-state index contributed by atoms with van der Waals surface area (Å²) in [6, 6.07) is -0.377. The van der Waals surface area contributed by atoms with Crippen LogP contribution in [-0.2, 0) is 9.47 Å². The molecule has 2 fully saturated rings.